The second-order valence-electron chi connectivity index (χ2n) is 5.53. The SMILES string of the molecule is OCCC(O)/C(O)=C(/OC1CC(CO)C(O)C(O)C1O)C(O)OI. The molecule has 1 rings (SSSR count). The summed E-state index contributed by atoms with van der Waals surface area (Å²) in [6.45, 7) is -0.919. The van der Waals surface area contributed by atoms with E-state index < -0.39 is 67.5 Å². The lowest BCUT2D eigenvalue weighted by atomic mass is 9.81. The molecule has 0 amide bonds. The number of aliphatic hydroxyl groups excluding tert-OH is 8. The van der Waals surface area contributed by atoms with E-state index in [0.29, 0.717) is 0 Å². The maximum atomic E-state index is 10.0. The van der Waals surface area contributed by atoms with Crippen molar-refractivity contribution in [1.82, 2.24) is 0 Å². The van der Waals surface area contributed by atoms with Crippen LogP contribution in [0.3, 0.4) is 0 Å². The zero-order valence-electron chi connectivity index (χ0n) is 12.6. The lowest BCUT2D eigenvalue weighted by Gasteiger charge is -2.40. The highest BCUT2D eigenvalue weighted by Crippen LogP contribution is 2.31. The van der Waals surface area contributed by atoms with E-state index in [2.05, 4.69) is 3.07 Å². The minimum atomic E-state index is -1.79. The minimum absolute atomic E-state index is 0.0866. The average Bonchev–Trinajstić information content (AvgIpc) is 2.58. The maximum absolute atomic E-state index is 10.0. The first-order valence-corrected chi connectivity index (χ1v) is 8.15. The van der Waals surface area contributed by atoms with Crippen LogP contribution in [0.5, 0.6) is 0 Å². The second kappa shape index (κ2) is 10.0. The number of rotatable bonds is 8. The Hall–Kier alpha value is -0.250. The highest BCUT2D eigenvalue weighted by molar-refractivity contribution is 14.1. The third-order valence-electron chi connectivity index (χ3n) is 3.89. The van der Waals surface area contributed by atoms with Gasteiger partial charge in [-0.3, -0.25) is 3.07 Å². The van der Waals surface area contributed by atoms with Gasteiger partial charge in [0.05, 0.1) is 6.10 Å². The molecule has 0 spiro atoms. The van der Waals surface area contributed by atoms with Crippen LogP contribution in [-0.4, -0.2) is 90.9 Å². The Labute approximate surface area is 152 Å². The summed E-state index contributed by atoms with van der Waals surface area (Å²) in [5.41, 5.74) is 0. The minimum Gasteiger partial charge on any atom is -0.506 e. The quantitative estimate of drug-likeness (QED) is 0.110. The van der Waals surface area contributed by atoms with Crippen molar-refractivity contribution in [3.63, 3.8) is 0 Å². The summed E-state index contributed by atoms with van der Waals surface area (Å²) in [7, 11) is 0. The molecule has 0 bridgehead atoms. The Kier molecular flexibility index (Phi) is 9.11. The predicted molar refractivity (Wildman–Crippen MR) is 86.6 cm³/mol. The van der Waals surface area contributed by atoms with E-state index in [9.17, 15) is 35.7 Å². The highest BCUT2D eigenvalue weighted by atomic mass is 127. The Balaban J connectivity index is 3.03. The summed E-state index contributed by atoms with van der Waals surface area (Å²) in [6, 6.07) is 0. The number of hydrogen-bond donors (Lipinski definition) is 8. The smallest absolute Gasteiger partial charge is 0.228 e. The molecule has 7 atom stereocenters. The van der Waals surface area contributed by atoms with E-state index >= 15 is 0 Å². The van der Waals surface area contributed by atoms with Crippen molar-refractivity contribution in [3.8, 4) is 0 Å². The monoisotopic (exact) mass is 466 g/mol. The third kappa shape index (κ3) is 5.12. The van der Waals surface area contributed by atoms with Crippen LogP contribution in [0, 0.1) is 5.92 Å². The zero-order chi connectivity index (χ0) is 18.4. The maximum Gasteiger partial charge on any atom is 0.228 e. The summed E-state index contributed by atoms with van der Waals surface area (Å²) in [4.78, 5) is 0. The van der Waals surface area contributed by atoms with Crippen LogP contribution in [0.15, 0.2) is 11.5 Å². The van der Waals surface area contributed by atoms with E-state index in [1.807, 2.05) is 0 Å². The number of ether oxygens (including phenoxy) is 1. The van der Waals surface area contributed by atoms with Crippen molar-refractivity contribution in [2.75, 3.05) is 13.2 Å². The molecule has 7 unspecified atom stereocenters. The Bertz CT molecular complexity index is 418. The Morgan fingerprint density at radius 3 is 2.21 bits per heavy atom. The van der Waals surface area contributed by atoms with E-state index in [-0.39, 0.29) is 12.8 Å². The van der Waals surface area contributed by atoms with Crippen molar-refractivity contribution in [2.45, 2.75) is 49.7 Å². The van der Waals surface area contributed by atoms with Crippen molar-refractivity contribution in [1.29, 1.82) is 0 Å². The van der Waals surface area contributed by atoms with Crippen molar-refractivity contribution >= 4 is 23.0 Å². The first-order valence-electron chi connectivity index (χ1n) is 7.27. The molecule has 0 radical (unpaired) electrons. The Morgan fingerprint density at radius 2 is 1.71 bits per heavy atom. The fourth-order valence-corrected chi connectivity index (χ4v) is 2.68. The van der Waals surface area contributed by atoms with Crippen LogP contribution in [0.25, 0.3) is 0 Å². The third-order valence-corrected chi connectivity index (χ3v) is 4.37. The molecule has 1 saturated carbocycles. The van der Waals surface area contributed by atoms with Gasteiger partial charge in [-0.1, -0.05) is 0 Å². The molecule has 24 heavy (non-hydrogen) atoms. The summed E-state index contributed by atoms with van der Waals surface area (Å²) in [5, 5.41) is 77.1. The topological polar surface area (TPSA) is 180 Å². The fraction of sp³-hybridized carbons (Fsp3) is 0.846. The van der Waals surface area contributed by atoms with Gasteiger partial charge in [-0.15, -0.1) is 0 Å². The standard InChI is InChI=1S/C13H23IO10/c14-24-13(22)12(9(19)6(17)1-2-15)23-7-3-5(4-16)8(18)11(21)10(7)20/h5-8,10-11,13,15-22H,1-4H2/b12-9-. The Morgan fingerprint density at radius 1 is 1.08 bits per heavy atom. The van der Waals surface area contributed by atoms with Crippen LogP contribution in [-0.2, 0) is 7.80 Å². The molecule has 0 heterocycles. The van der Waals surface area contributed by atoms with Crippen LogP contribution < -0.4 is 0 Å². The van der Waals surface area contributed by atoms with E-state index in [0.717, 1.165) is 0 Å². The van der Waals surface area contributed by atoms with E-state index in [4.69, 9.17) is 9.84 Å². The largest absolute Gasteiger partial charge is 0.506 e. The molecular formula is C13H23IO10. The van der Waals surface area contributed by atoms with Crippen LogP contribution in [0.4, 0.5) is 0 Å². The molecular weight excluding hydrogens is 443 g/mol. The van der Waals surface area contributed by atoms with Crippen molar-refractivity contribution in [3.05, 3.63) is 11.5 Å². The number of hydrogen-bond acceptors (Lipinski definition) is 10. The van der Waals surface area contributed by atoms with Gasteiger partial charge >= 0.3 is 0 Å². The van der Waals surface area contributed by atoms with Crippen LogP contribution >= 0.6 is 23.0 Å². The lowest BCUT2D eigenvalue weighted by Crippen LogP contribution is -2.55. The van der Waals surface area contributed by atoms with Gasteiger partial charge in [0, 0.05) is 25.6 Å². The molecule has 1 aliphatic carbocycles. The fourth-order valence-electron chi connectivity index (χ4n) is 2.45. The van der Waals surface area contributed by atoms with Gasteiger partial charge in [-0.2, -0.15) is 0 Å². The van der Waals surface area contributed by atoms with Crippen molar-refractivity contribution in [2.24, 2.45) is 5.92 Å². The average molecular weight is 466 g/mol. The second-order valence-corrected chi connectivity index (χ2v) is 6.03. The molecule has 0 aromatic rings. The number of halogens is 1. The summed E-state index contributed by atoms with van der Waals surface area (Å²) < 4.78 is 9.92. The molecule has 1 aliphatic rings. The normalized spacial score (nSPS) is 34.4. The van der Waals surface area contributed by atoms with E-state index in [1.165, 1.54) is 23.0 Å². The molecule has 0 aromatic carbocycles. The van der Waals surface area contributed by atoms with Gasteiger partial charge in [-0.25, -0.2) is 0 Å². The van der Waals surface area contributed by atoms with E-state index in [1.54, 1.807) is 0 Å². The molecule has 1 fully saturated rings. The van der Waals surface area contributed by atoms with Crippen molar-refractivity contribution < 1.29 is 48.7 Å². The zero-order valence-corrected chi connectivity index (χ0v) is 14.8. The molecule has 10 nitrogen and oxygen atoms in total. The summed E-state index contributed by atoms with van der Waals surface area (Å²) in [6.07, 6.45) is -9.39. The first kappa shape index (κ1) is 21.8. The molecule has 11 heteroatoms. The lowest BCUT2D eigenvalue weighted by molar-refractivity contribution is -0.177. The first-order chi connectivity index (χ1) is 11.3. The molecule has 142 valence electrons. The highest BCUT2D eigenvalue weighted by Gasteiger charge is 2.44. The van der Waals surface area contributed by atoms with Gasteiger partial charge in [0.15, 0.2) is 11.5 Å². The van der Waals surface area contributed by atoms with Gasteiger partial charge in [0.1, 0.15) is 47.4 Å². The van der Waals surface area contributed by atoms with Gasteiger partial charge in [-0.05, 0) is 6.42 Å². The summed E-state index contributed by atoms with van der Waals surface area (Å²) in [5.74, 6) is -2.20. The van der Waals surface area contributed by atoms with Gasteiger partial charge in [0.25, 0.3) is 0 Å². The van der Waals surface area contributed by atoms with Gasteiger partial charge in [0.2, 0.25) is 6.29 Å². The van der Waals surface area contributed by atoms with Gasteiger partial charge < -0.3 is 45.6 Å². The van der Waals surface area contributed by atoms with Crippen LogP contribution in [0.2, 0.25) is 0 Å². The summed E-state index contributed by atoms with van der Waals surface area (Å²) >= 11 is 1.33. The molecule has 8 N–H and O–H groups in total. The van der Waals surface area contributed by atoms with Crippen LogP contribution in [0.1, 0.15) is 12.8 Å². The molecule has 0 aromatic heterocycles. The molecule has 0 saturated heterocycles. The predicted octanol–water partition coefficient (Wildman–Crippen LogP) is -2.34. The molecule has 0 aliphatic heterocycles. The number of aliphatic hydroxyl groups is 8.